The second kappa shape index (κ2) is 13.0. The Kier molecular flexibility index (Phi) is 8.97. The number of nitrogens with one attached hydrogen (secondary N) is 1. The van der Waals surface area contributed by atoms with Gasteiger partial charge >= 0.3 is 12.0 Å². The van der Waals surface area contributed by atoms with E-state index in [0.29, 0.717) is 24.5 Å². The van der Waals surface area contributed by atoms with Gasteiger partial charge in [0.25, 0.3) is 0 Å². The van der Waals surface area contributed by atoms with Crippen LogP contribution in [0.25, 0.3) is 22.3 Å². The molecule has 1 aliphatic rings. The van der Waals surface area contributed by atoms with Gasteiger partial charge in [-0.2, -0.15) is 0 Å². The van der Waals surface area contributed by atoms with Crippen LogP contribution >= 0.6 is 0 Å². The number of benzene rings is 2. The van der Waals surface area contributed by atoms with E-state index in [1.165, 1.54) is 6.42 Å². The number of aryl methyl sites for hydroxylation is 1. The number of amides is 2. The van der Waals surface area contributed by atoms with Crippen LogP contribution in [0.3, 0.4) is 0 Å². The van der Waals surface area contributed by atoms with Gasteiger partial charge in [-0.3, -0.25) is 4.90 Å². The van der Waals surface area contributed by atoms with Gasteiger partial charge in [0, 0.05) is 19.0 Å². The van der Waals surface area contributed by atoms with E-state index in [1.807, 2.05) is 55.5 Å². The van der Waals surface area contributed by atoms with Crippen LogP contribution in [0.2, 0.25) is 0 Å². The molecule has 0 unspecified atom stereocenters. The summed E-state index contributed by atoms with van der Waals surface area (Å²) in [6, 6.07) is 19.0. The Hall–Kier alpha value is -4.20. The summed E-state index contributed by atoms with van der Waals surface area (Å²) < 4.78 is 2.15. The van der Waals surface area contributed by atoms with E-state index in [4.69, 9.17) is 9.97 Å². The van der Waals surface area contributed by atoms with Gasteiger partial charge in [0.1, 0.15) is 17.2 Å². The number of aromatic nitrogens is 3. The molecule has 8 heteroatoms. The van der Waals surface area contributed by atoms with E-state index in [2.05, 4.69) is 16.8 Å². The minimum atomic E-state index is -0.939. The second-order valence-corrected chi connectivity index (χ2v) is 10.8. The lowest BCUT2D eigenvalue weighted by molar-refractivity contribution is 0.0697. The molecule has 5 rings (SSSR count). The van der Waals surface area contributed by atoms with E-state index in [0.717, 1.165) is 73.1 Å². The molecule has 0 aliphatic heterocycles. The zero-order chi connectivity index (χ0) is 28.8. The summed E-state index contributed by atoms with van der Waals surface area (Å²) in [5.41, 5.74) is 4.48. The molecule has 0 spiro atoms. The molecule has 1 aliphatic carbocycles. The molecule has 2 aromatic carbocycles. The minimum Gasteiger partial charge on any atom is -0.478 e. The number of aromatic carboxylic acids is 1. The molecule has 1 saturated carbocycles. The molecule has 1 fully saturated rings. The van der Waals surface area contributed by atoms with Crippen LogP contribution in [-0.4, -0.2) is 44.2 Å². The summed E-state index contributed by atoms with van der Waals surface area (Å²) in [5.74, 6) is 0.657. The van der Waals surface area contributed by atoms with E-state index in [9.17, 15) is 14.7 Å². The number of carboxylic acid groups (broad SMARTS) is 1. The summed E-state index contributed by atoms with van der Waals surface area (Å²) in [7, 11) is 0. The van der Waals surface area contributed by atoms with Crippen molar-refractivity contribution in [1.82, 2.24) is 19.9 Å². The summed E-state index contributed by atoms with van der Waals surface area (Å²) in [4.78, 5) is 36.6. The topological polar surface area (TPSA) is 100 Å². The number of carboxylic acids is 1. The molecular formula is C33H39N5O3. The Morgan fingerprint density at radius 3 is 2.44 bits per heavy atom. The van der Waals surface area contributed by atoms with Crippen molar-refractivity contribution >= 4 is 29.0 Å². The van der Waals surface area contributed by atoms with Crippen molar-refractivity contribution < 1.29 is 14.7 Å². The van der Waals surface area contributed by atoms with Gasteiger partial charge in [-0.25, -0.2) is 19.6 Å². The zero-order valence-corrected chi connectivity index (χ0v) is 24.0. The first-order chi connectivity index (χ1) is 20.0. The van der Waals surface area contributed by atoms with E-state index in [1.54, 1.807) is 17.0 Å². The predicted molar refractivity (Wildman–Crippen MR) is 163 cm³/mol. The normalized spacial score (nSPS) is 13.8. The third-order valence-corrected chi connectivity index (χ3v) is 7.94. The van der Waals surface area contributed by atoms with Crippen LogP contribution in [-0.2, 0) is 13.0 Å². The summed E-state index contributed by atoms with van der Waals surface area (Å²) in [5, 5.41) is 12.8. The summed E-state index contributed by atoms with van der Waals surface area (Å²) >= 11 is 0. The van der Waals surface area contributed by atoms with Crippen molar-refractivity contribution in [3.63, 3.8) is 0 Å². The van der Waals surface area contributed by atoms with Crippen molar-refractivity contribution in [1.29, 1.82) is 0 Å². The fourth-order valence-corrected chi connectivity index (χ4v) is 5.68. The third-order valence-electron chi connectivity index (χ3n) is 7.94. The summed E-state index contributed by atoms with van der Waals surface area (Å²) in [6.45, 7) is 5.24. The number of hydrogen-bond acceptors (Lipinski definition) is 4. The first-order valence-corrected chi connectivity index (χ1v) is 14.8. The van der Waals surface area contributed by atoms with Crippen LogP contribution in [0, 0.1) is 0 Å². The van der Waals surface area contributed by atoms with Crippen LogP contribution in [0.15, 0.2) is 60.7 Å². The number of imidazole rings is 1. The van der Waals surface area contributed by atoms with E-state index < -0.39 is 5.97 Å². The molecule has 4 aromatic rings. The Morgan fingerprint density at radius 2 is 1.73 bits per heavy atom. The number of nitrogens with zero attached hydrogens (tertiary/aromatic N) is 4. The first kappa shape index (κ1) is 28.3. The van der Waals surface area contributed by atoms with Gasteiger partial charge in [0.2, 0.25) is 0 Å². The number of carbonyl (C=O) groups is 2. The fraction of sp³-hybridized carbons (Fsp3) is 0.394. The highest BCUT2D eigenvalue weighted by molar-refractivity contribution is 5.96. The number of fused-ring (bicyclic) bond motifs is 1. The molecule has 0 radical (unpaired) electrons. The van der Waals surface area contributed by atoms with Crippen LogP contribution in [0.4, 0.5) is 10.6 Å². The number of rotatable bonds is 10. The maximum atomic E-state index is 13.2. The predicted octanol–water partition coefficient (Wildman–Crippen LogP) is 7.06. The average molecular weight is 554 g/mol. The van der Waals surface area contributed by atoms with E-state index in [-0.39, 0.29) is 17.6 Å². The number of pyridine rings is 1. The second-order valence-electron chi connectivity index (χ2n) is 10.8. The average Bonchev–Trinajstić information content (AvgIpc) is 3.33. The highest BCUT2D eigenvalue weighted by Gasteiger charge is 2.22. The fourth-order valence-electron chi connectivity index (χ4n) is 5.68. The Bertz CT molecular complexity index is 1510. The summed E-state index contributed by atoms with van der Waals surface area (Å²) in [6.07, 6.45) is 8.54. The quantitative estimate of drug-likeness (QED) is 0.219. The molecule has 2 aromatic heterocycles. The van der Waals surface area contributed by atoms with Gasteiger partial charge in [-0.05, 0) is 61.1 Å². The minimum absolute atomic E-state index is 0.0965. The molecular weight excluding hydrogens is 514 g/mol. The van der Waals surface area contributed by atoms with Gasteiger partial charge in [0.15, 0.2) is 5.65 Å². The van der Waals surface area contributed by atoms with Gasteiger partial charge in [0.05, 0.1) is 12.1 Å². The molecule has 2 heterocycles. The Labute approximate surface area is 241 Å². The standard InChI is InChI=1S/C33H39N5O3/c1-3-5-15-29-35-28-20-21-30(37(4-2)33(41)34-25-11-7-6-8-12-25)36-31(28)38(29)22-23-16-18-24(19-17-23)26-13-9-10-14-27(26)32(39)40/h9-10,13-14,16-21,25H,3-8,11-12,15,22H2,1-2H3,(H,34,41)(H,39,40). The van der Waals surface area contributed by atoms with Crippen LogP contribution in [0.5, 0.6) is 0 Å². The Balaban J connectivity index is 1.44. The molecule has 8 nitrogen and oxygen atoms in total. The van der Waals surface area contributed by atoms with Gasteiger partial charge in [-0.1, -0.05) is 75.1 Å². The third kappa shape index (κ3) is 6.42. The maximum absolute atomic E-state index is 13.2. The monoisotopic (exact) mass is 553 g/mol. The zero-order valence-electron chi connectivity index (χ0n) is 24.0. The van der Waals surface area contributed by atoms with Crippen LogP contribution < -0.4 is 10.2 Å². The smallest absolute Gasteiger partial charge is 0.336 e. The molecule has 2 N–H and O–H groups in total. The van der Waals surface area contributed by atoms with Crippen LogP contribution in [0.1, 0.15) is 80.5 Å². The number of anilines is 1. The van der Waals surface area contributed by atoms with Crippen molar-refractivity contribution in [3.05, 3.63) is 77.6 Å². The Morgan fingerprint density at radius 1 is 0.976 bits per heavy atom. The highest BCUT2D eigenvalue weighted by Crippen LogP contribution is 2.26. The lowest BCUT2D eigenvalue weighted by Crippen LogP contribution is -2.46. The molecule has 0 bridgehead atoms. The van der Waals surface area contributed by atoms with Crippen molar-refractivity contribution in [3.8, 4) is 11.1 Å². The number of unbranched alkanes of at least 4 members (excludes halogenated alkanes) is 1. The highest BCUT2D eigenvalue weighted by atomic mass is 16.4. The lowest BCUT2D eigenvalue weighted by atomic mass is 9.96. The largest absolute Gasteiger partial charge is 0.478 e. The maximum Gasteiger partial charge on any atom is 0.336 e. The molecule has 0 atom stereocenters. The molecule has 214 valence electrons. The lowest BCUT2D eigenvalue weighted by Gasteiger charge is -2.27. The van der Waals surface area contributed by atoms with E-state index >= 15 is 0 Å². The van der Waals surface area contributed by atoms with Crippen molar-refractivity contribution in [2.24, 2.45) is 0 Å². The van der Waals surface area contributed by atoms with Gasteiger partial charge < -0.3 is 15.0 Å². The number of carbonyl (C=O) groups excluding carboxylic acids is 1. The molecule has 2 amide bonds. The number of hydrogen-bond donors (Lipinski definition) is 2. The SMILES string of the molecule is CCCCc1nc2ccc(N(CC)C(=O)NC3CCCCC3)nc2n1Cc1ccc(-c2ccccc2C(=O)O)cc1. The molecule has 41 heavy (non-hydrogen) atoms. The number of urea groups is 1. The first-order valence-electron chi connectivity index (χ1n) is 14.8. The van der Waals surface area contributed by atoms with Crippen molar-refractivity contribution in [2.45, 2.75) is 77.8 Å². The van der Waals surface area contributed by atoms with Gasteiger partial charge in [-0.15, -0.1) is 0 Å². The van der Waals surface area contributed by atoms with Crippen molar-refractivity contribution in [2.75, 3.05) is 11.4 Å². The molecule has 0 saturated heterocycles.